The van der Waals surface area contributed by atoms with Gasteiger partial charge in [0.15, 0.2) is 5.54 Å². The van der Waals surface area contributed by atoms with Crippen molar-refractivity contribution < 1.29 is 4.79 Å². The Bertz CT molecular complexity index is 801. The van der Waals surface area contributed by atoms with Crippen molar-refractivity contribution in [2.75, 3.05) is 5.32 Å². The summed E-state index contributed by atoms with van der Waals surface area (Å²) < 4.78 is 0. The molecule has 0 aliphatic carbocycles. The molecule has 2 aromatic carbocycles. The average Bonchev–Trinajstić information content (AvgIpc) is 2.73. The first-order valence-corrected chi connectivity index (χ1v) is 6.78. The molecular formula is C14H8Cl2N4O. The third kappa shape index (κ3) is 1.94. The summed E-state index contributed by atoms with van der Waals surface area (Å²) in [7, 11) is 0. The molecule has 7 heteroatoms. The van der Waals surface area contributed by atoms with Gasteiger partial charge in [0.1, 0.15) is 0 Å². The fraction of sp³-hybridized carbons (Fsp3) is 0.0714. The van der Waals surface area contributed by atoms with E-state index in [9.17, 15) is 4.79 Å². The molecule has 5 nitrogen and oxygen atoms in total. The maximum absolute atomic E-state index is 12.5. The van der Waals surface area contributed by atoms with E-state index in [1.165, 1.54) is 0 Å². The van der Waals surface area contributed by atoms with Crippen molar-refractivity contribution in [2.45, 2.75) is 5.54 Å². The maximum atomic E-state index is 12.5. The highest BCUT2D eigenvalue weighted by Gasteiger charge is 2.49. The van der Waals surface area contributed by atoms with E-state index in [4.69, 9.17) is 28.7 Å². The Morgan fingerprint density at radius 2 is 1.90 bits per heavy atom. The molecule has 1 atom stereocenters. The van der Waals surface area contributed by atoms with Gasteiger partial charge >= 0.3 is 0 Å². The van der Waals surface area contributed by atoms with Crippen molar-refractivity contribution >= 4 is 34.8 Å². The maximum Gasteiger partial charge on any atom is 0.245 e. The summed E-state index contributed by atoms with van der Waals surface area (Å²) in [5.41, 5.74) is 8.87. The number of carbonyl (C=O) groups is 1. The van der Waals surface area contributed by atoms with Crippen LogP contribution >= 0.6 is 23.2 Å². The van der Waals surface area contributed by atoms with Crippen LogP contribution in [-0.4, -0.2) is 5.91 Å². The summed E-state index contributed by atoms with van der Waals surface area (Å²) in [5.74, 6) is -0.453. The molecule has 0 saturated carbocycles. The molecule has 1 heterocycles. The Hall–Kier alpha value is -2.20. The topological polar surface area (TPSA) is 77.9 Å². The smallest absolute Gasteiger partial charge is 0.245 e. The van der Waals surface area contributed by atoms with Crippen LogP contribution in [0.4, 0.5) is 5.69 Å². The Morgan fingerprint density at radius 1 is 1.14 bits per heavy atom. The normalized spacial score (nSPS) is 19.6. The minimum absolute atomic E-state index is 0.341. The minimum Gasteiger partial charge on any atom is -0.325 e. The molecule has 0 saturated heterocycles. The lowest BCUT2D eigenvalue weighted by molar-refractivity contribution is -0.119. The molecule has 104 valence electrons. The first kappa shape index (κ1) is 13.8. The fourth-order valence-electron chi connectivity index (χ4n) is 2.50. The van der Waals surface area contributed by atoms with Crippen LogP contribution in [0.5, 0.6) is 0 Å². The number of amides is 1. The number of nitrogens with zero attached hydrogens (tertiary/aromatic N) is 3. The number of benzene rings is 2. The van der Waals surface area contributed by atoms with Crippen molar-refractivity contribution in [3.05, 3.63) is 74.1 Å². The van der Waals surface area contributed by atoms with Crippen LogP contribution in [0.2, 0.25) is 10.0 Å². The van der Waals surface area contributed by atoms with Crippen molar-refractivity contribution in [3.8, 4) is 0 Å². The van der Waals surface area contributed by atoms with Crippen LogP contribution < -0.4 is 5.32 Å². The van der Waals surface area contributed by atoms with E-state index in [2.05, 4.69) is 15.3 Å². The van der Waals surface area contributed by atoms with Gasteiger partial charge in [0.25, 0.3) is 0 Å². The van der Waals surface area contributed by atoms with Gasteiger partial charge in [-0.15, -0.1) is 0 Å². The zero-order valence-corrected chi connectivity index (χ0v) is 12.1. The molecule has 0 spiro atoms. The van der Waals surface area contributed by atoms with Gasteiger partial charge in [0.2, 0.25) is 5.91 Å². The summed E-state index contributed by atoms with van der Waals surface area (Å²) >= 11 is 12.2. The molecule has 0 fully saturated rings. The predicted octanol–water partition coefficient (Wildman–Crippen LogP) is 4.50. The van der Waals surface area contributed by atoms with E-state index in [0.29, 0.717) is 26.9 Å². The second kappa shape index (κ2) is 4.97. The number of rotatable bonds is 2. The molecule has 0 bridgehead atoms. The number of anilines is 1. The van der Waals surface area contributed by atoms with Crippen molar-refractivity contribution in [1.82, 2.24) is 0 Å². The minimum atomic E-state index is -1.55. The number of hydrogen-bond donors (Lipinski definition) is 1. The molecule has 3 rings (SSSR count). The summed E-state index contributed by atoms with van der Waals surface area (Å²) in [4.78, 5) is 15.4. The zero-order valence-electron chi connectivity index (χ0n) is 10.5. The zero-order chi connectivity index (χ0) is 15.0. The molecule has 1 aliphatic heterocycles. The van der Waals surface area contributed by atoms with Crippen molar-refractivity contribution in [1.29, 1.82) is 0 Å². The Kier molecular flexibility index (Phi) is 3.26. The molecule has 1 N–H and O–H groups in total. The molecule has 1 unspecified atom stereocenters. The lowest BCUT2D eigenvalue weighted by Crippen LogP contribution is -2.33. The van der Waals surface area contributed by atoms with Crippen molar-refractivity contribution in [2.24, 2.45) is 5.11 Å². The van der Waals surface area contributed by atoms with Crippen LogP contribution in [0.15, 0.2) is 47.6 Å². The number of carbonyl (C=O) groups excluding carboxylic acids is 1. The largest absolute Gasteiger partial charge is 0.325 e. The van der Waals surface area contributed by atoms with Crippen LogP contribution in [0, 0.1) is 0 Å². The first-order chi connectivity index (χ1) is 10.1. The molecule has 1 amide bonds. The highest BCUT2D eigenvalue weighted by atomic mass is 35.5. The van der Waals surface area contributed by atoms with Crippen LogP contribution in [0.3, 0.4) is 0 Å². The number of hydrogen-bond acceptors (Lipinski definition) is 2. The average molecular weight is 319 g/mol. The Morgan fingerprint density at radius 3 is 2.62 bits per heavy atom. The predicted molar refractivity (Wildman–Crippen MR) is 81.5 cm³/mol. The van der Waals surface area contributed by atoms with Gasteiger partial charge in [-0.25, -0.2) is 0 Å². The lowest BCUT2D eigenvalue weighted by atomic mass is 9.84. The SMILES string of the molecule is [N-]=[N+]=NC1(c2ccccc2Cl)C(=O)Nc2ccc(Cl)cc21. The molecular weight excluding hydrogens is 311 g/mol. The highest BCUT2D eigenvalue weighted by Crippen LogP contribution is 2.47. The highest BCUT2D eigenvalue weighted by molar-refractivity contribution is 6.32. The summed E-state index contributed by atoms with van der Waals surface area (Å²) in [6, 6.07) is 11.7. The van der Waals surface area contributed by atoms with E-state index in [1.54, 1.807) is 42.5 Å². The van der Waals surface area contributed by atoms with E-state index in [-0.39, 0.29) is 0 Å². The van der Waals surface area contributed by atoms with Crippen LogP contribution in [-0.2, 0) is 10.3 Å². The van der Waals surface area contributed by atoms with Gasteiger partial charge in [-0.3, -0.25) is 4.79 Å². The van der Waals surface area contributed by atoms with Gasteiger partial charge in [-0.05, 0) is 35.4 Å². The summed E-state index contributed by atoms with van der Waals surface area (Å²) in [6.45, 7) is 0. The number of azide groups is 1. The van der Waals surface area contributed by atoms with Crippen LogP contribution in [0.25, 0.3) is 10.4 Å². The van der Waals surface area contributed by atoms with Gasteiger partial charge in [-0.1, -0.05) is 46.5 Å². The molecule has 21 heavy (non-hydrogen) atoms. The quantitative estimate of drug-likeness (QED) is 0.494. The van der Waals surface area contributed by atoms with E-state index in [1.807, 2.05) is 0 Å². The Balaban J connectivity index is 2.39. The Labute approximate surface area is 130 Å². The molecule has 2 aromatic rings. The number of nitrogens with one attached hydrogen (secondary N) is 1. The monoisotopic (exact) mass is 318 g/mol. The summed E-state index contributed by atoms with van der Waals surface area (Å²) in [6.07, 6.45) is 0. The lowest BCUT2D eigenvalue weighted by Gasteiger charge is -2.23. The molecule has 0 radical (unpaired) electrons. The second-order valence-corrected chi connectivity index (χ2v) is 5.37. The molecule has 0 aromatic heterocycles. The fourth-order valence-corrected chi connectivity index (χ4v) is 2.95. The third-order valence-electron chi connectivity index (χ3n) is 3.41. The van der Waals surface area contributed by atoms with Gasteiger partial charge in [-0.2, -0.15) is 0 Å². The van der Waals surface area contributed by atoms with E-state index < -0.39 is 11.4 Å². The van der Waals surface area contributed by atoms with Gasteiger partial charge < -0.3 is 5.32 Å². The van der Waals surface area contributed by atoms with Crippen LogP contribution in [0.1, 0.15) is 11.1 Å². The van der Waals surface area contributed by atoms with Gasteiger partial charge in [0, 0.05) is 26.2 Å². The first-order valence-electron chi connectivity index (χ1n) is 6.02. The standard InChI is InChI=1S/C14H8Cl2N4O/c15-8-5-6-12-10(7-8)14(19-20-17,13(21)18-12)9-3-1-2-4-11(9)16/h1-7H,(H,18,21). The second-order valence-electron chi connectivity index (χ2n) is 4.52. The van der Waals surface area contributed by atoms with E-state index >= 15 is 0 Å². The summed E-state index contributed by atoms with van der Waals surface area (Å²) in [5, 5.41) is 7.26. The third-order valence-corrected chi connectivity index (χ3v) is 3.97. The number of halogens is 2. The van der Waals surface area contributed by atoms with Gasteiger partial charge in [0.05, 0.1) is 0 Å². The van der Waals surface area contributed by atoms with E-state index in [0.717, 1.165) is 0 Å². The molecule has 1 aliphatic rings. The number of fused-ring (bicyclic) bond motifs is 1. The van der Waals surface area contributed by atoms with Crippen molar-refractivity contribution in [3.63, 3.8) is 0 Å².